The smallest absolute Gasteiger partial charge is 0.127 e. The highest BCUT2D eigenvalue weighted by molar-refractivity contribution is 6.31. The Bertz CT molecular complexity index is 317. The van der Waals surface area contributed by atoms with Crippen LogP contribution >= 0.6 is 11.6 Å². The van der Waals surface area contributed by atoms with E-state index in [9.17, 15) is 4.39 Å². The Kier molecular flexibility index (Phi) is 2.78. The van der Waals surface area contributed by atoms with Crippen LogP contribution in [0, 0.1) is 12.7 Å². The molecule has 14 heavy (non-hydrogen) atoms. The molecule has 0 spiro atoms. The van der Waals surface area contributed by atoms with Gasteiger partial charge in [0.15, 0.2) is 0 Å². The second-order valence-electron chi connectivity index (χ2n) is 4.09. The molecule has 1 aliphatic rings. The molecule has 0 amide bonds. The molecule has 2 rings (SSSR count). The van der Waals surface area contributed by atoms with E-state index in [1.54, 1.807) is 13.0 Å². The van der Waals surface area contributed by atoms with Gasteiger partial charge in [-0.2, -0.15) is 0 Å². The maximum absolute atomic E-state index is 13.4. The Morgan fingerprint density at radius 1 is 1.29 bits per heavy atom. The molecule has 0 aromatic heterocycles. The zero-order valence-corrected chi connectivity index (χ0v) is 9.07. The topological polar surface area (TPSA) is 0 Å². The van der Waals surface area contributed by atoms with Gasteiger partial charge in [-0.3, -0.25) is 0 Å². The highest BCUT2D eigenvalue weighted by Gasteiger charge is 2.18. The zero-order valence-electron chi connectivity index (χ0n) is 8.32. The first kappa shape index (κ1) is 9.97. The molecule has 0 aliphatic heterocycles. The van der Waals surface area contributed by atoms with Crippen molar-refractivity contribution in [3.63, 3.8) is 0 Å². The van der Waals surface area contributed by atoms with Crippen LogP contribution in [0.3, 0.4) is 0 Å². The van der Waals surface area contributed by atoms with Crippen LogP contribution in [0.25, 0.3) is 0 Å². The molecule has 76 valence electrons. The monoisotopic (exact) mass is 212 g/mol. The Morgan fingerprint density at radius 3 is 2.50 bits per heavy atom. The summed E-state index contributed by atoms with van der Waals surface area (Å²) in [5, 5.41) is 0.562. The van der Waals surface area contributed by atoms with Crippen molar-refractivity contribution in [3.8, 4) is 0 Å². The highest BCUT2D eigenvalue weighted by atomic mass is 35.5. The Balaban J connectivity index is 2.34. The lowest BCUT2D eigenvalue weighted by Crippen LogP contribution is -1.95. The average Bonchev–Trinajstić information content (AvgIpc) is 2.66. The van der Waals surface area contributed by atoms with Gasteiger partial charge in [0.2, 0.25) is 0 Å². The third-order valence-electron chi connectivity index (χ3n) is 3.13. The van der Waals surface area contributed by atoms with E-state index in [2.05, 4.69) is 0 Å². The maximum Gasteiger partial charge on any atom is 0.127 e. The molecule has 1 fully saturated rings. The molecule has 0 unspecified atom stereocenters. The first-order chi connectivity index (χ1) is 6.68. The van der Waals surface area contributed by atoms with E-state index in [0.29, 0.717) is 16.5 Å². The van der Waals surface area contributed by atoms with Crippen LogP contribution < -0.4 is 0 Å². The van der Waals surface area contributed by atoms with Gasteiger partial charge >= 0.3 is 0 Å². The molecule has 2 heteroatoms. The molecule has 1 aromatic carbocycles. The number of hydrogen-bond donors (Lipinski definition) is 0. The average molecular weight is 213 g/mol. The van der Waals surface area contributed by atoms with Crippen molar-refractivity contribution >= 4 is 11.6 Å². The molecule has 0 bridgehead atoms. The third-order valence-corrected chi connectivity index (χ3v) is 3.52. The van der Waals surface area contributed by atoms with Gasteiger partial charge in [-0.15, -0.1) is 0 Å². The van der Waals surface area contributed by atoms with Crippen molar-refractivity contribution in [2.75, 3.05) is 0 Å². The minimum absolute atomic E-state index is 0.167. The van der Waals surface area contributed by atoms with Crippen LogP contribution in [0.5, 0.6) is 0 Å². The van der Waals surface area contributed by atoms with Gasteiger partial charge in [0.25, 0.3) is 0 Å². The maximum atomic E-state index is 13.4. The fourth-order valence-electron chi connectivity index (χ4n) is 2.16. The number of rotatable bonds is 1. The summed E-state index contributed by atoms with van der Waals surface area (Å²) in [4.78, 5) is 0. The molecule has 0 heterocycles. The van der Waals surface area contributed by atoms with Crippen LogP contribution in [0.1, 0.15) is 42.7 Å². The van der Waals surface area contributed by atoms with Crippen LogP contribution in [-0.4, -0.2) is 0 Å². The molecule has 0 atom stereocenters. The zero-order chi connectivity index (χ0) is 10.1. The lowest BCUT2D eigenvalue weighted by atomic mass is 9.96. The normalized spacial score (nSPS) is 17.6. The van der Waals surface area contributed by atoms with Crippen LogP contribution in [0.2, 0.25) is 5.02 Å². The van der Waals surface area contributed by atoms with E-state index in [1.165, 1.54) is 25.7 Å². The summed E-state index contributed by atoms with van der Waals surface area (Å²) >= 11 is 5.96. The summed E-state index contributed by atoms with van der Waals surface area (Å²) in [5.74, 6) is 0.363. The van der Waals surface area contributed by atoms with Gasteiger partial charge < -0.3 is 0 Å². The quantitative estimate of drug-likeness (QED) is 0.646. The van der Waals surface area contributed by atoms with Crippen molar-refractivity contribution in [1.29, 1.82) is 0 Å². The molecule has 1 saturated carbocycles. The summed E-state index contributed by atoms with van der Waals surface area (Å²) in [6.45, 7) is 1.72. The number of halogens is 2. The van der Waals surface area contributed by atoms with Gasteiger partial charge in [-0.05, 0) is 43.4 Å². The molecule has 0 N–H and O–H groups in total. The molecule has 1 aliphatic carbocycles. The van der Waals surface area contributed by atoms with Crippen LogP contribution in [0.15, 0.2) is 12.1 Å². The number of hydrogen-bond acceptors (Lipinski definition) is 0. The SMILES string of the molecule is Cc1c(F)cc(C2CCCC2)cc1Cl. The van der Waals surface area contributed by atoms with Gasteiger partial charge in [0.05, 0.1) is 0 Å². The first-order valence-electron chi connectivity index (χ1n) is 5.14. The van der Waals surface area contributed by atoms with Gasteiger partial charge in [0, 0.05) is 10.6 Å². The predicted octanol–water partition coefficient (Wildman–Crippen LogP) is 4.45. The summed E-state index contributed by atoms with van der Waals surface area (Å²) in [6, 6.07) is 3.58. The molecule has 0 nitrogen and oxygen atoms in total. The summed E-state index contributed by atoms with van der Waals surface area (Å²) < 4.78 is 13.4. The summed E-state index contributed by atoms with van der Waals surface area (Å²) in [5.41, 5.74) is 1.64. The standard InChI is InChI=1S/C12H14ClF/c1-8-11(13)6-10(7-12(8)14)9-4-2-3-5-9/h6-7,9H,2-5H2,1H3. The molecule has 0 saturated heterocycles. The van der Waals surface area contributed by atoms with Crippen molar-refractivity contribution in [3.05, 3.63) is 34.1 Å². The fourth-order valence-corrected chi connectivity index (χ4v) is 2.38. The summed E-state index contributed by atoms with van der Waals surface area (Å²) in [7, 11) is 0. The minimum atomic E-state index is -0.167. The van der Waals surface area contributed by atoms with Gasteiger partial charge in [0.1, 0.15) is 5.82 Å². The van der Waals surface area contributed by atoms with Gasteiger partial charge in [-0.25, -0.2) is 4.39 Å². The predicted molar refractivity (Wildman–Crippen MR) is 57.4 cm³/mol. The van der Waals surface area contributed by atoms with Crippen molar-refractivity contribution in [2.24, 2.45) is 0 Å². The Labute approximate surface area is 89.1 Å². The van der Waals surface area contributed by atoms with E-state index in [-0.39, 0.29) is 5.82 Å². The second kappa shape index (κ2) is 3.90. The van der Waals surface area contributed by atoms with Crippen LogP contribution in [-0.2, 0) is 0 Å². The van der Waals surface area contributed by atoms with Crippen molar-refractivity contribution in [1.82, 2.24) is 0 Å². The molecular formula is C12H14ClF. The minimum Gasteiger partial charge on any atom is -0.207 e. The second-order valence-corrected chi connectivity index (χ2v) is 4.50. The van der Waals surface area contributed by atoms with E-state index < -0.39 is 0 Å². The Hall–Kier alpha value is -0.560. The lowest BCUT2D eigenvalue weighted by molar-refractivity contribution is 0.610. The highest BCUT2D eigenvalue weighted by Crippen LogP contribution is 2.36. The Morgan fingerprint density at radius 2 is 1.93 bits per heavy atom. The van der Waals surface area contributed by atoms with Crippen molar-refractivity contribution < 1.29 is 4.39 Å². The molecule has 1 aromatic rings. The largest absolute Gasteiger partial charge is 0.207 e. The molecule has 0 radical (unpaired) electrons. The molecular weight excluding hydrogens is 199 g/mol. The van der Waals surface area contributed by atoms with Gasteiger partial charge in [-0.1, -0.05) is 24.4 Å². The van der Waals surface area contributed by atoms with Crippen LogP contribution in [0.4, 0.5) is 4.39 Å². The van der Waals surface area contributed by atoms with E-state index >= 15 is 0 Å². The lowest BCUT2D eigenvalue weighted by Gasteiger charge is -2.11. The first-order valence-corrected chi connectivity index (χ1v) is 5.52. The van der Waals surface area contributed by atoms with E-state index in [0.717, 1.165) is 5.56 Å². The third kappa shape index (κ3) is 1.78. The number of benzene rings is 1. The van der Waals surface area contributed by atoms with Crippen molar-refractivity contribution in [2.45, 2.75) is 38.5 Å². The summed E-state index contributed by atoms with van der Waals surface area (Å²) in [6.07, 6.45) is 4.88. The van der Waals surface area contributed by atoms with E-state index in [4.69, 9.17) is 11.6 Å². The van der Waals surface area contributed by atoms with E-state index in [1.807, 2.05) is 6.07 Å². The fraction of sp³-hybridized carbons (Fsp3) is 0.500.